The highest BCUT2D eigenvalue weighted by Gasteiger charge is 2.06. The summed E-state index contributed by atoms with van der Waals surface area (Å²) in [6.45, 7) is 0.758. The van der Waals surface area contributed by atoms with Crippen LogP contribution in [0.5, 0.6) is 5.75 Å². The van der Waals surface area contributed by atoms with Gasteiger partial charge in [0, 0.05) is 12.4 Å². The Bertz CT molecular complexity index is 445. The molecule has 0 bridgehead atoms. The first-order valence-electron chi connectivity index (χ1n) is 5.48. The number of aliphatic hydroxyl groups is 1. The number of aliphatic hydroxyl groups excluding tert-OH is 1. The van der Waals surface area contributed by atoms with Crippen molar-refractivity contribution in [2.75, 3.05) is 24.7 Å². The van der Waals surface area contributed by atoms with Gasteiger partial charge in [0.05, 0.1) is 11.5 Å². The van der Waals surface area contributed by atoms with E-state index in [4.69, 9.17) is 15.0 Å². The van der Waals surface area contributed by atoms with E-state index in [0.717, 1.165) is 17.9 Å². The number of sulfonamides is 1. The lowest BCUT2D eigenvalue weighted by molar-refractivity contribution is 0.296. The topological polar surface area (TPSA) is 89.6 Å². The summed E-state index contributed by atoms with van der Waals surface area (Å²) in [5.41, 5.74) is 0. The fraction of sp³-hybridized carbons (Fsp3) is 0.455. The first-order chi connectivity index (χ1) is 8.54. The standard InChI is InChI=1S/C11H17NO4S2/c12-18(14,15)11-4-2-10(3-5-11)16-7-9-17-8-1-6-13/h2-5,13H,1,6-9H2,(H2,12,14,15). The second-order valence-corrected chi connectivity index (χ2v) is 6.34. The van der Waals surface area contributed by atoms with Crippen LogP contribution in [0.15, 0.2) is 29.2 Å². The van der Waals surface area contributed by atoms with Crippen LogP contribution in [-0.2, 0) is 10.0 Å². The molecule has 1 aromatic rings. The van der Waals surface area contributed by atoms with Gasteiger partial charge < -0.3 is 9.84 Å². The minimum absolute atomic E-state index is 0.0761. The van der Waals surface area contributed by atoms with Gasteiger partial charge >= 0.3 is 0 Å². The molecule has 3 N–H and O–H groups in total. The fourth-order valence-corrected chi connectivity index (χ4v) is 2.47. The van der Waals surface area contributed by atoms with Gasteiger partial charge in [-0.15, -0.1) is 0 Å². The van der Waals surface area contributed by atoms with Crippen molar-refractivity contribution in [1.29, 1.82) is 0 Å². The third-order valence-corrected chi connectivity index (χ3v) is 4.06. The summed E-state index contributed by atoms with van der Waals surface area (Å²) in [6, 6.07) is 6.00. The van der Waals surface area contributed by atoms with Gasteiger partial charge in [-0.3, -0.25) is 0 Å². The van der Waals surface area contributed by atoms with Crippen molar-refractivity contribution in [3.8, 4) is 5.75 Å². The summed E-state index contributed by atoms with van der Waals surface area (Å²) < 4.78 is 27.5. The van der Waals surface area contributed by atoms with Crippen LogP contribution in [0.4, 0.5) is 0 Å². The van der Waals surface area contributed by atoms with Gasteiger partial charge in [-0.2, -0.15) is 11.8 Å². The number of thioether (sulfide) groups is 1. The molecule has 0 aliphatic carbocycles. The minimum atomic E-state index is -3.64. The molecule has 0 aliphatic rings. The quantitative estimate of drug-likeness (QED) is 0.692. The maximum absolute atomic E-state index is 11.0. The monoisotopic (exact) mass is 291 g/mol. The first kappa shape index (κ1) is 15.3. The Morgan fingerprint density at radius 1 is 1.22 bits per heavy atom. The van der Waals surface area contributed by atoms with Crippen LogP contribution in [0.25, 0.3) is 0 Å². The predicted octanol–water partition coefficient (Wildman–Crippen LogP) is 0.828. The van der Waals surface area contributed by atoms with Crippen LogP contribution in [0.2, 0.25) is 0 Å². The number of ether oxygens (including phenoxy) is 1. The van der Waals surface area contributed by atoms with E-state index in [9.17, 15) is 8.42 Å². The molecule has 7 heteroatoms. The molecule has 0 saturated heterocycles. The lowest BCUT2D eigenvalue weighted by Gasteiger charge is -2.06. The Morgan fingerprint density at radius 3 is 2.44 bits per heavy atom. The van der Waals surface area contributed by atoms with E-state index in [-0.39, 0.29) is 11.5 Å². The van der Waals surface area contributed by atoms with Crippen molar-refractivity contribution in [3.63, 3.8) is 0 Å². The zero-order chi connectivity index (χ0) is 13.4. The van der Waals surface area contributed by atoms with Crippen molar-refractivity contribution >= 4 is 21.8 Å². The molecule has 0 fully saturated rings. The molecule has 18 heavy (non-hydrogen) atoms. The number of rotatable bonds is 8. The minimum Gasteiger partial charge on any atom is -0.493 e. The van der Waals surface area contributed by atoms with Crippen molar-refractivity contribution in [1.82, 2.24) is 0 Å². The number of hydrogen-bond donors (Lipinski definition) is 2. The van der Waals surface area contributed by atoms with Gasteiger partial charge in [0.1, 0.15) is 5.75 Å². The molecular formula is C11H17NO4S2. The Hall–Kier alpha value is -0.760. The molecule has 1 aromatic carbocycles. The summed E-state index contributed by atoms with van der Waals surface area (Å²) in [7, 11) is -3.64. The lowest BCUT2D eigenvalue weighted by Crippen LogP contribution is -2.11. The summed E-state index contributed by atoms with van der Waals surface area (Å²) in [4.78, 5) is 0.0761. The summed E-state index contributed by atoms with van der Waals surface area (Å²) in [5.74, 6) is 2.35. The second kappa shape index (κ2) is 7.63. The average Bonchev–Trinajstić information content (AvgIpc) is 2.33. The molecule has 0 saturated carbocycles. The first-order valence-corrected chi connectivity index (χ1v) is 8.18. The molecule has 0 radical (unpaired) electrons. The van der Waals surface area contributed by atoms with Crippen LogP contribution < -0.4 is 9.88 Å². The van der Waals surface area contributed by atoms with E-state index in [1.165, 1.54) is 12.1 Å². The van der Waals surface area contributed by atoms with Gasteiger partial charge in [0.2, 0.25) is 10.0 Å². The van der Waals surface area contributed by atoms with Crippen molar-refractivity contribution in [2.24, 2.45) is 5.14 Å². The highest BCUT2D eigenvalue weighted by Crippen LogP contribution is 2.15. The normalized spacial score (nSPS) is 11.4. The molecule has 0 aliphatic heterocycles. The van der Waals surface area contributed by atoms with E-state index in [1.807, 2.05) is 0 Å². The van der Waals surface area contributed by atoms with Gasteiger partial charge in [-0.25, -0.2) is 13.6 Å². The Morgan fingerprint density at radius 2 is 1.89 bits per heavy atom. The molecule has 102 valence electrons. The molecule has 1 rings (SSSR count). The smallest absolute Gasteiger partial charge is 0.238 e. The number of benzene rings is 1. The van der Waals surface area contributed by atoms with Gasteiger partial charge in [-0.1, -0.05) is 0 Å². The summed E-state index contributed by atoms with van der Waals surface area (Å²) >= 11 is 1.70. The second-order valence-electron chi connectivity index (χ2n) is 3.55. The molecule has 0 spiro atoms. The van der Waals surface area contributed by atoms with E-state index < -0.39 is 10.0 Å². The number of nitrogens with two attached hydrogens (primary N) is 1. The zero-order valence-corrected chi connectivity index (χ0v) is 11.5. The lowest BCUT2D eigenvalue weighted by atomic mass is 10.3. The van der Waals surface area contributed by atoms with Crippen molar-refractivity contribution < 1.29 is 18.3 Å². The number of hydrogen-bond acceptors (Lipinski definition) is 5. The van der Waals surface area contributed by atoms with Gasteiger partial charge in [0.25, 0.3) is 0 Å². The van der Waals surface area contributed by atoms with E-state index in [0.29, 0.717) is 12.4 Å². The summed E-state index contributed by atoms with van der Waals surface area (Å²) in [6.07, 6.45) is 0.785. The van der Waals surface area contributed by atoms with Crippen LogP contribution in [0, 0.1) is 0 Å². The average molecular weight is 291 g/mol. The van der Waals surface area contributed by atoms with Gasteiger partial charge in [0.15, 0.2) is 0 Å². The maximum atomic E-state index is 11.0. The third-order valence-electron chi connectivity index (χ3n) is 2.10. The van der Waals surface area contributed by atoms with Crippen LogP contribution in [-0.4, -0.2) is 38.2 Å². The van der Waals surface area contributed by atoms with Crippen molar-refractivity contribution in [3.05, 3.63) is 24.3 Å². The van der Waals surface area contributed by atoms with E-state index in [2.05, 4.69) is 0 Å². The molecule has 0 heterocycles. The Labute approximate surface area is 111 Å². The van der Waals surface area contributed by atoms with Gasteiger partial charge in [-0.05, 0) is 36.4 Å². The van der Waals surface area contributed by atoms with Crippen LogP contribution in [0.3, 0.4) is 0 Å². The maximum Gasteiger partial charge on any atom is 0.238 e. The third kappa shape index (κ3) is 5.72. The van der Waals surface area contributed by atoms with Crippen molar-refractivity contribution in [2.45, 2.75) is 11.3 Å². The molecular weight excluding hydrogens is 274 g/mol. The SMILES string of the molecule is NS(=O)(=O)c1ccc(OCCSCCCO)cc1. The molecule has 0 unspecified atom stereocenters. The largest absolute Gasteiger partial charge is 0.493 e. The van der Waals surface area contributed by atoms with E-state index in [1.54, 1.807) is 23.9 Å². The van der Waals surface area contributed by atoms with E-state index >= 15 is 0 Å². The van der Waals surface area contributed by atoms with Crippen LogP contribution in [0.1, 0.15) is 6.42 Å². The summed E-state index contributed by atoms with van der Waals surface area (Å²) in [5, 5.41) is 13.6. The zero-order valence-electron chi connectivity index (χ0n) is 9.91. The highest BCUT2D eigenvalue weighted by atomic mass is 32.2. The molecule has 0 aromatic heterocycles. The molecule has 5 nitrogen and oxygen atoms in total. The van der Waals surface area contributed by atoms with Crippen LogP contribution >= 0.6 is 11.8 Å². The molecule has 0 atom stereocenters. The Balaban J connectivity index is 2.32. The molecule has 0 amide bonds. The number of primary sulfonamides is 1. The Kier molecular flexibility index (Phi) is 6.48. The fourth-order valence-electron chi connectivity index (χ4n) is 1.21. The highest BCUT2D eigenvalue weighted by molar-refractivity contribution is 7.99. The predicted molar refractivity (Wildman–Crippen MR) is 72.3 cm³/mol.